The molecule has 6 heteroatoms. The van der Waals surface area contributed by atoms with Crippen molar-refractivity contribution in [3.63, 3.8) is 0 Å². The van der Waals surface area contributed by atoms with Gasteiger partial charge in [-0.2, -0.15) is 0 Å². The van der Waals surface area contributed by atoms with Gasteiger partial charge in [-0.25, -0.2) is 0 Å². The molecule has 1 amide bonds. The Morgan fingerprint density at radius 3 is 2.53 bits per heavy atom. The standard InChI is InChI=1S/C13H11BClNO3/c15-11-5-2-6-12(8-11)16-13(17)9-3-1-4-10(7-9)14(18)19/h1-8,18-19H,(H,16,17). The summed E-state index contributed by atoms with van der Waals surface area (Å²) in [6, 6.07) is 12.9. The van der Waals surface area contributed by atoms with Gasteiger partial charge in [0.15, 0.2) is 0 Å². The average Bonchev–Trinajstić information content (AvgIpc) is 2.39. The number of carbonyl (C=O) groups is 1. The Hall–Kier alpha value is -1.82. The number of halogens is 1. The summed E-state index contributed by atoms with van der Waals surface area (Å²) in [5.41, 5.74) is 1.18. The quantitative estimate of drug-likeness (QED) is 0.739. The van der Waals surface area contributed by atoms with E-state index in [0.29, 0.717) is 16.3 Å². The van der Waals surface area contributed by atoms with E-state index in [1.807, 2.05) is 0 Å². The topological polar surface area (TPSA) is 69.6 Å². The second-order valence-electron chi connectivity index (χ2n) is 3.96. The Kier molecular flexibility index (Phi) is 4.22. The summed E-state index contributed by atoms with van der Waals surface area (Å²) >= 11 is 5.82. The van der Waals surface area contributed by atoms with Gasteiger partial charge in [-0.1, -0.05) is 29.8 Å². The van der Waals surface area contributed by atoms with Crippen molar-refractivity contribution in [1.82, 2.24) is 0 Å². The molecular weight excluding hydrogens is 264 g/mol. The first kappa shape index (κ1) is 13.6. The molecule has 19 heavy (non-hydrogen) atoms. The van der Waals surface area contributed by atoms with Crippen LogP contribution in [0.15, 0.2) is 48.5 Å². The van der Waals surface area contributed by atoms with E-state index in [1.165, 1.54) is 12.1 Å². The predicted molar refractivity (Wildman–Crippen MR) is 75.7 cm³/mol. The highest BCUT2D eigenvalue weighted by atomic mass is 35.5. The van der Waals surface area contributed by atoms with Gasteiger partial charge in [0.05, 0.1) is 0 Å². The highest BCUT2D eigenvalue weighted by molar-refractivity contribution is 6.58. The number of hydrogen-bond acceptors (Lipinski definition) is 3. The highest BCUT2D eigenvalue weighted by Gasteiger charge is 2.13. The summed E-state index contributed by atoms with van der Waals surface area (Å²) in [5, 5.41) is 21.3. The second-order valence-corrected chi connectivity index (χ2v) is 4.40. The van der Waals surface area contributed by atoms with Crippen LogP contribution in [0.5, 0.6) is 0 Å². The molecule has 0 unspecified atom stereocenters. The SMILES string of the molecule is O=C(Nc1cccc(Cl)c1)c1cccc(B(O)O)c1. The second kappa shape index (κ2) is 5.88. The number of rotatable bonds is 3. The Labute approximate surface area is 115 Å². The smallest absolute Gasteiger partial charge is 0.423 e. The van der Waals surface area contributed by atoms with Crippen molar-refractivity contribution in [3.05, 3.63) is 59.1 Å². The molecular formula is C13H11BClNO3. The average molecular weight is 276 g/mol. The molecule has 4 nitrogen and oxygen atoms in total. The third-order valence-corrected chi connectivity index (χ3v) is 2.76. The summed E-state index contributed by atoms with van der Waals surface area (Å²) in [6.07, 6.45) is 0. The van der Waals surface area contributed by atoms with E-state index in [0.717, 1.165) is 0 Å². The Balaban J connectivity index is 2.18. The molecule has 2 rings (SSSR count). The van der Waals surface area contributed by atoms with Crippen LogP contribution in [-0.2, 0) is 0 Å². The zero-order valence-electron chi connectivity index (χ0n) is 9.88. The maximum atomic E-state index is 12.0. The van der Waals surface area contributed by atoms with Crippen molar-refractivity contribution in [2.45, 2.75) is 0 Å². The molecule has 96 valence electrons. The molecule has 0 saturated carbocycles. The zero-order chi connectivity index (χ0) is 13.8. The molecule has 0 atom stereocenters. The first-order valence-electron chi connectivity index (χ1n) is 5.59. The molecule has 0 aromatic heterocycles. The first-order valence-corrected chi connectivity index (χ1v) is 5.97. The van der Waals surface area contributed by atoms with Crippen molar-refractivity contribution < 1.29 is 14.8 Å². The monoisotopic (exact) mass is 275 g/mol. The summed E-state index contributed by atoms with van der Waals surface area (Å²) in [5.74, 6) is -0.343. The molecule has 0 aliphatic rings. The highest BCUT2D eigenvalue weighted by Crippen LogP contribution is 2.15. The van der Waals surface area contributed by atoms with Gasteiger partial charge >= 0.3 is 7.12 Å². The maximum Gasteiger partial charge on any atom is 0.488 e. The number of carbonyl (C=O) groups excluding carboxylic acids is 1. The van der Waals surface area contributed by atoms with Gasteiger partial charge in [-0.3, -0.25) is 4.79 Å². The van der Waals surface area contributed by atoms with Crippen LogP contribution in [0.25, 0.3) is 0 Å². The van der Waals surface area contributed by atoms with Crippen LogP contribution in [0, 0.1) is 0 Å². The van der Waals surface area contributed by atoms with Crippen molar-refractivity contribution in [1.29, 1.82) is 0 Å². The van der Waals surface area contributed by atoms with Gasteiger partial charge < -0.3 is 15.4 Å². The molecule has 0 spiro atoms. The van der Waals surface area contributed by atoms with E-state index in [1.54, 1.807) is 36.4 Å². The molecule has 0 radical (unpaired) electrons. The molecule has 0 heterocycles. The fraction of sp³-hybridized carbons (Fsp3) is 0. The fourth-order valence-electron chi connectivity index (χ4n) is 1.61. The summed E-state index contributed by atoms with van der Waals surface area (Å²) in [7, 11) is -1.60. The van der Waals surface area contributed by atoms with Gasteiger partial charge in [-0.05, 0) is 35.8 Å². The van der Waals surface area contributed by atoms with E-state index in [4.69, 9.17) is 21.6 Å². The molecule has 0 saturated heterocycles. The van der Waals surface area contributed by atoms with Gasteiger partial charge in [0.2, 0.25) is 0 Å². The molecule has 2 aromatic carbocycles. The third kappa shape index (κ3) is 3.57. The number of amides is 1. The van der Waals surface area contributed by atoms with E-state index >= 15 is 0 Å². The van der Waals surface area contributed by atoms with E-state index < -0.39 is 7.12 Å². The van der Waals surface area contributed by atoms with Crippen molar-refractivity contribution in [2.24, 2.45) is 0 Å². The lowest BCUT2D eigenvalue weighted by atomic mass is 9.79. The molecule has 0 aliphatic heterocycles. The van der Waals surface area contributed by atoms with Gasteiger partial charge in [-0.15, -0.1) is 0 Å². The van der Waals surface area contributed by atoms with Crippen LogP contribution >= 0.6 is 11.6 Å². The molecule has 0 fully saturated rings. The van der Waals surface area contributed by atoms with Crippen molar-refractivity contribution in [2.75, 3.05) is 5.32 Å². The molecule has 0 aliphatic carbocycles. The lowest BCUT2D eigenvalue weighted by Crippen LogP contribution is -2.30. The first-order chi connectivity index (χ1) is 9.06. The normalized spacial score (nSPS) is 10.1. The van der Waals surface area contributed by atoms with E-state index in [9.17, 15) is 4.79 Å². The fourth-order valence-corrected chi connectivity index (χ4v) is 1.80. The van der Waals surface area contributed by atoms with E-state index in [2.05, 4.69) is 5.32 Å². The minimum absolute atomic E-state index is 0.263. The van der Waals surface area contributed by atoms with Crippen LogP contribution in [0.2, 0.25) is 5.02 Å². The van der Waals surface area contributed by atoms with Crippen LogP contribution < -0.4 is 10.8 Å². The molecule has 0 bridgehead atoms. The summed E-state index contributed by atoms with van der Waals surface area (Å²) < 4.78 is 0. The van der Waals surface area contributed by atoms with Gasteiger partial charge in [0, 0.05) is 16.3 Å². The number of hydrogen-bond donors (Lipinski definition) is 3. The largest absolute Gasteiger partial charge is 0.488 e. The minimum atomic E-state index is -1.60. The Morgan fingerprint density at radius 1 is 1.11 bits per heavy atom. The minimum Gasteiger partial charge on any atom is -0.423 e. The van der Waals surface area contributed by atoms with Crippen LogP contribution in [0.1, 0.15) is 10.4 Å². The number of benzene rings is 2. The zero-order valence-corrected chi connectivity index (χ0v) is 10.6. The predicted octanol–water partition coefficient (Wildman–Crippen LogP) is 1.27. The number of anilines is 1. The molecule has 3 N–H and O–H groups in total. The lowest BCUT2D eigenvalue weighted by molar-refractivity contribution is 0.102. The van der Waals surface area contributed by atoms with Crippen molar-refractivity contribution in [3.8, 4) is 0 Å². The van der Waals surface area contributed by atoms with Crippen LogP contribution in [0.3, 0.4) is 0 Å². The van der Waals surface area contributed by atoms with Crippen LogP contribution in [0.4, 0.5) is 5.69 Å². The summed E-state index contributed by atoms with van der Waals surface area (Å²) in [6.45, 7) is 0. The number of nitrogens with one attached hydrogen (secondary N) is 1. The van der Waals surface area contributed by atoms with Gasteiger partial charge in [0.25, 0.3) is 5.91 Å². The Morgan fingerprint density at radius 2 is 1.84 bits per heavy atom. The lowest BCUT2D eigenvalue weighted by Gasteiger charge is -2.07. The van der Waals surface area contributed by atoms with Gasteiger partial charge in [0.1, 0.15) is 0 Å². The third-order valence-electron chi connectivity index (χ3n) is 2.53. The van der Waals surface area contributed by atoms with E-state index in [-0.39, 0.29) is 11.4 Å². The summed E-state index contributed by atoms with van der Waals surface area (Å²) in [4.78, 5) is 12.0. The Bertz CT molecular complexity index is 604. The van der Waals surface area contributed by atoms with Crippen LogP contribution in [-0.4, -0.2) is 23.1 Å². The maximum absolute atomic E-state index is 12.0. The van der Waals surface area contributed by atoms with Crippen molar-refractivity contribution >= 4 is 35.8 Å². The molecule has 2 aromatic rings.